The molecule has 1 saturated heterocycles. The number of rotatable bonds is 4. The smallest absolute Gasteiger partial charge is 0.328 e. The summed E-state index contributed by atoms with van der Waals surface area (Å²) < 4.78 is 5.10. The number of carbonyl (C=O) groups excluding carboxylic acids is 1. The molecule has 0 bridgehead atoms. The van der Waals surface area contributed by atoms with Gasteiger partial charge < -0.3 is 14.7 Å². The van der Waals surface area contributed by atoms with E-state index in [0.717, 1.165) is 5.69 Å². The number of ether oxygens (including phenoxy) is 1. The highest BCUT2D eigenvalue weighted by Gasteiger charge is 2.32. The maximum absolute atomic E-state index is 12.1. The van der Waals surface area contributed by atoms with Gasteiger partial charge >= 0.3 is 5.97 Å². The van der Waals surface area contributed by atoms with Crippen LogP contribution in [0.5, 0.6) is 0 Å². The minimum absolute atomic E-state index is 0.0602. The summed E-state index contributed by atoms with van der Waals surface area (Å²) in [5.41, 5.74) is 0.830. The topological polar surface area (TPSA) is 79.7 Å². The van der Waals surface area contributed by atoms with Crippen molar-refractivity contribution >= 4 is 11.9 Å². The molecule has 102 valence electrons. The van der Waals surface area contributed by atoms with E-state index in [-0.39, 0.29) is 18.9 Å². The molecule has 1 unspecified atom stereocenters. The van der Waals surface area contributed by atoms with Crippen LogP contribution in [0.4, 0.5) is 0 Å². The fourth-order valence-electron chi connectivity index (χ4n) is 2.03. The number of carbonyl (C=O) groups is 2. The van der Waals surface area contributed by atoms with E-state index in [2.05, 4.69) is 4.98 Å². The number of carboxylic acid groups (broad SMARTS) is 1. The number of nitrogens with zero attached hydrogens (tertiary/aromatic N) is 2. The van der Waals surface area contributed by atoms with Gasteiger partial charge in [-0.1, -0.05) is 6.07 Å². The lowest BCUT2D eigenvalue weighted by atomic mass is 10.1. The summed E-state index contributed by atoms with van der Waals surface area (Å²) in [6, 6.07) is 4.65. The first-order valence-electron chi connectivity index (χ1n) is 6.18. The Morgan fingerprint density at radius 3 is 3.00 bits per heavy atom. The molecule has 1 aromatic rings. The first kappa shape index (κ1) is 13.5. The Bertz CT molecular complexity index is 449. The largest absolute Gasteiger partial charge is 0.480 e. The molecule has 0 radical (unpaired) electrons. The van der Waals surface area contributed by atoms with Crippen LogP contribution in [-0.2, 0) is 20.7 Å². The molecule has 2 heterocycles. The van der Waals surface area contributed by atoms with Crippen LogP contribution in [0.2, 0.25) is 0 Å². The predicted molar refractivity (Wildman–Crippen MR) is 66.5 cm³/mol. The Labute approximate surface area is 111 Å². The van der Waals surface area contributed by atoms with Gasteiger partial charge in [0.15, 0.2) is 6.04 Å². The molecule has 1 aliphatic heterocycles. The second kappa shape index (κ2) is 6.29. The molecule has 0 spiro atoms. The van der Waals surface area contributed by atoms with Crippen molar-refractivity contribution in [3.05, 3.63) is 30.1 Å². The lowest BCUT2D eigenvalue weighted by Crippen LogP contribution is -2.52. The quantitative estimate of drug-likeness (QED) is 0.847. The van der Waals surface area contributed by atoms with Crippen molar-refractivity contribution in [2.75, 3.05) is 19.8 Å². The van der Waals surface area contributed by atoms with Crippen molar-refractivity contribution in [2.24, 2.45) is 0 Å². The number of hydrogen-bond donors (Lipinski definition) is 1. The predicted octanol–water partition coefficient (Wildman–Crippen LogP) is 0.326. The van der Waals surface area contributed by atoms with Gasteiger partial charge in [-0.15, -0.1) is 0 Å². The zero-order chi connectivity index (χ0) is 13.7. The minimum Gasteiger partial charge on any atom is -0.480 e. The summed E-state index contributed by atoms with van der Waals surface area (Å²) in [4.78, 5) is 28.6. The summed E-state index contributed by atoms with van der Waals surface area (Å²) >= 11 is 0. The third-order valence-corrected chi connectivity index (χ3v) is 3.06. The summed E-state index contributed by atoms with van der Waals surface area (Å²) in [7, 11) is 0. The number of aliphatic carboxylic acids is 1. The standard InChI is InChI=1S/C13H16N2O4/c16-12(5-4-10-3-1-2-6-14-10)15-7-8-19-9-11(15)13(17)18/h1-3,6,11H,4-5,7-9H2,(H,17,18). The fraction of sp³-hybridized carbons (Fsp3) is 0.462. The summed E-state index contributed by atoms with van der Waals surface area (Å²) in [5, 5.41) is 9.06. The maximum Gasteiger partial charge on any atom is 0.328 e. The van der Waals surface area contributed by atoms with E-state index in [1.807, 2.05) is 18.2 Å². The molecule has 1 amide bonds. The number of pyridine rings is 1. The van der Waals surface area contributed by atoms with Gasteiger partial charge in [0.2, 0.25) is 5.91 Å². The van der Waals surface area contributed by atoms with Crippen LogP contribution in [-0.4, -0.2) is 52.7 Å². The van der Waals surface area contributed by atoms with Gasteiger partial charge in [-0.2, -0.15) is 0 Å². The summed E-state index contributed by atoms with van der Waals surface area (Å²) in [5.74, 6) is -1.19. The molecule has 19 heavy (non-hydrogen) atoms. The van der Waals surface area contributed by atoms with Gasteiger partial charge in [-0.25, -0.2) is 4.79 Å². The molecule has 0 aliphatic carbocycles. The lowest BCUT2D eigenvalue weighted by Gasteiger charge is -2.32. The highest BCUT2D eigenvalue weighted by molar-refractivity contribution is 5.84. The van der Waals surface area contributed by atoms with Crippen molar-refractivity contribution in [3.63, 3.8) is 0 Å². The molecule has 1 aromatic heterocycles. The van der Waals surface area contributed by atoms with E-state index in [4.69, 9.17) is 9.84 Å². The number of aryl methyl sites for hydroxylation is 1. The Morgan fingerprint density at radius 2 is 2.32 bits per heavy atom. The average Bonchev–Trinajstić information content (AvgIpc) is 2.46. The Hall–Kier alpha value is -1.95. The number of morpholine rings is 1. The maximum atomic E-state index is 12.1. The van der Waals surface area contributed by atoms with E-state index < -0.39 is 12.0 Å². The van der Waals surface area contributed by atoms with Gasteiger partial charge in [0.25, 0.3) is 0 Å². The molecule has 1 N–H and O–H groups in total. The summed E-state index contributed by atoms with van der Waals surface area (Å²) in [6.45, 7) is 0.780. The van der Waals surface area contributed by atoms with Gasteiger partial charge in [-0.05, 0) is 18.6 Å². The first-order chi connectivity index (χ1) is 9.18. The van der Waals surface area contributed by atoms with E-state index in [0.29, 0.717) is 19.6 Å². The molecule has 1 fully saturated rings. The summed E-state index contributed by atoms with van der Waals surface area (Å²) in [6.07, 6.45) is 2.46. The lowest BCUT2D eigenvalue weighted by molar-refractivity contribution is -0.158. The van der Waals surface area contributed by atoms with Crippen LogP contribution in [0, 0.1) is 0 Å². The van der Waals surface area contributed by atoms with Crippen molar-refractivity contribution < 1.29 is 19.4 Å². The molecule has 6 heteroatoms. The molecule has 0 saturated carbocycles. The molecular weight excluding hydrogens is 248 g/mol. The second-order valence-electron chi connectivity index (χ2n) is 4.34. The van der Waals surface area contributed by atoms with Gasteiger partial charge in [0.1, 0.15) is 0 Å². The molecule has 0 aromatic carbocycles. The van der Waals surface area contributed by atoms with Crippen molar-refractivity contribution in [3.8, 4) is 0 Å². The Kier molecular flexibility index (Phi) is 4.46. The number of aromatic nitrogens is 1. The molecule has 1 aliphatic rings. The number of hydrogen-bond acceptors (Lipinski definition) is 4. The first-order valence-corrected chi connectivity index (χ1v) is 6.18. The van der Waals surface area contributed by atoms with Crippen LogP contribution in [0.3, 0.4) is 0 Å². The van der Waals surface area contributed by atoms with Crippen LogP contribution < -0.4 is 0 Å². The zero-order valence-corrected chi connectivity index (χ0v) is 10.5. The van der Waals surface area contributed by atoms with Crippen molar-refractivity contribution in [1.82, 2.24) is 9.88 Å². The Morgan fingerprint density at radius 1 is 1.47 bits per heavy atom. The SMILES string of the molecule is O=C(O)C1COCCN1C(=O)CCc1ccccn1. The van der Waals surface area contributed by atoms with E-state index in [1.54, 1.807) is 6.20 Å². The van der Waals surface area contributed by atoms with Crippen LogP contribution >= 0.6 is 0 Å². The average molecular weight is 264 g/mol. The van der Waals surface area contributed by atoms with Crippen LogP contribution in [0.25, 0.3) is 0 Å². The molecule has 6 nitrogen and oxygen atoms in total. The van der Waals surface area contributed by atoms with E-state index in [9.17, 15) is 9.59 Å². The third kappa shape index (κ3) is 3.51. The van der Waals surface area contributed by atoms with Crippen LogP contribution in [0.1, 0.15) is 12.1 Å². The van der Waals surface area contributed by atoms with Crippen molar-refractivity contribution in [2.45, 2.75) is 18.9 Å². The molecular formula is C13H16N2O4. The number of carboxylic acids is 1. The fourth-order valence-corrected chi connectivity index (χ4v) is 2.03. The van der Waals surface area contributed by atoms with E-state index in [1.165, 1.54) is 4.90 Å². The Balaban J connectivity index is 1.93. The monoisotopic (exact) mass is 264 g/mol. The van der Waals surface area contributed by atoms with Gasteiger partial charge in [-0.3, -0.25) is 9.78 Å². The zero-order valence-electron chi connectivity index (χ0n) is 10.5. The van der Waals surface area contributed by atoms with E-state index >= 15 is 0 Å². The van der Waals surface area contributed by atoms with Crippen molar-refractivity contribution in [1.29, 1.82) is 0 Å². The third-order valence-electron chi connectivity index (χ3n) is 3.06. The highest BCUT2D eigenvalue weighted by Crippen LogP contribution is 2.10. The number of amides is 1. The molecule has 1 atom stereocenters. The highest BCUT2D eigenvalue weighted by atomic mass is 16.5. The van der Waals surface area contributed by atoms with Gasteiger partial charge in [0.05, 0.1) is 13.2 Å². The van der Waals surface area contributed by atoms with Crippen LogP contribution in [0.15, 0.2) is 24.4 Å². The minimum atomic E-state index is -1.02. The normalized spacial score (nSPS) is 19.2. The second-order valence-corrected chi connectivity index (χ2v) is 4.34. The van der Waals surface area contributed by atoms with Gasteiger partial charge in [0, 0.05) is 24.9 Å². The molecule has 2 rings (SSSR count).